The first-order chi connectivity index (χ1) is 8.27. The van der Waals surface area contributed by atoms with Crippen LogP contribution in [0.25, 0.3) is 0 Å². The van der Waals surface area contributed by atoms with Gasteiger partial charge < -0.3 is 9.47 Å². The lowest BCUT2D eigenvalue weighted by Crippen LogP contribution is -2.16. The van der Waals surface area contributed by atoms with Crippen molar-refractivity contribution in [1.82, 2.24) is 0 Å². The van der Waals surface area contributed by atoms with E-state index in [0.29, 0.717) is 13.2 Å². The molecule has 0 spiro atoms. The molecule has 0 radical (unpaired) electrons. The summed E-state index contributed by atoms with van der Waals surface area (Å²) in [4.78, 5) is 0. The van der Waals surface area contributed by atoms with E-state index in [-0.39, 0.29) is 10.8 Å². The largest absolute Gasteiger partial charge is 0.492 e. The Morgan fingerprint density at radius 1 is 1.06 bits per heavy atom. The van der Waals surface area contributed by atoms with Gasteiger partial charge in [-0.25, -0.2) is 0 Å². The predicted molar refractivity (Wildman–Crippen MR) is 76.4 cm³/mol. The summed E-state index contributed by atoms with van der Waals surface area (Å²) in [5.41, 5.74) is 1.46. The van der Waals surface area contributed by atoms with Crippen LogP contribution in [0, 0.1) is 10.8 Å². The lowest BCUT2D eigenvalue weighted by atomic mass is 9.78. The van der Waals surface area contributed by atoms with Crippen molar-refractivity contribution in [3.63, 3.8) is 0 Å². The molecule has 0 aromatic carbocycles. The van der Waals surface area contributed by atoms with Crippen molar-refractivity contribution < 1.29 is 9.47 Å². The molecule has 0 aliphatic heterocycles. The molecular formula is C16H26O2. The van der Waals surface area contributed by atoms with Crippen molar-refractivity contribution in [3.8, 4) is 0 Å². The molecular weight excluding hydrogens is 224 g/mol. The summed E-state index contributed by atoms with van der Waals surface area (Å²) in [6.07, 6.45) is 8.76. The topological polar surface area (TPSA) is 18.5 Å². The van der Waals surface area contributed by atoms with Crippen LogP contribution in [0.1, 0.15) is 34.6 Å². The molecule has 0 N–H and O–H groups in total. The Morgan fingerprint density at radius 3 is 2.33 bits per heavy atom. The molecule has 0 atom stereocenters. The number of allylic oxidation sites excluding steroid dienone is 5. The second-order valence-corrected chi connectivity index (χ2v) is 6.09. The molecule has 0 heterocycles. The highest BCUT2D eigenvalue weighted by Crippen LogP contribution is 2.35. The second-order valence-electron chi connectivity index (χ2n) is 6.09. The van der Waals surface area contributed by atoms with Crippen molar-refractivity contribution >= 4 is 0 Å². The molecule has 0 fully saturated rings. The Hall–Kier alpha value is -1.02. The third-order valence-corrected chi connectivity index (χ3v) is 3.34. The number of methoxy groups -OCH3 is 1. The van der Waals surface area contributed by atoms with Gasteiger partial charge in [-0.2, -0.15) is 0 Å². The third kappa shape index (κ3) is 4.34. The van der Waals surface area contributed by atoms with Gasteiger partial charge in [-0.1, -0.05) is 45.4 Å². The minimum absolute atomic E-state index is 0.00845. The van der Waals surface area contributed by atoms with Crippen LogP contribution in [0.5, 0.6) is 0 Å². The fourth-order valence-electron chi connectivity index (χ4n) is 1.95. The average molecular weight is 250 g/mol. The van der Waals surface area contributed by atoms with E-state index >= 15 is 0 Å². The van der Waals surface area contributed by atoms with Crippen molar-refractivity contribution in [2.24, 2.45) is 10.8 Å². The standard InChI is InChI=1S/C16H26O2/c1-13-11-15(2,3)12-14(18-10-9-17-6)7-8-16(13,4)5/h7-8,11-12H,9-10H2,1-6H3/b8-7-,13-11-,14-12+. The lowest BCUT2D eigenvalue weighted by molar-refractivity contribution is 0.113. The summed E-state index contributed by atoms with van der Waals surface area (Å²) >= 11 is 0. The first kappa shape index (κ1) is 15.0. The number of ether oxygens (including phenoxy) is 2. The van der Waals surface area contributed by atoms with Gasteiger partial charge in [-0.05, 0) is 19.1 Å². The van der Waals surface area contributed by atoms with Crippen LogP contribution in [-0.4, -0.2) is 20.3 Å². The number of hydrogen-bond donors (Lipinski definition) is 0. The van der Waals surface area contributed by atoms with E-state index in [1.165, 1.54) is 5.57 Å². The number of hydrogen-bond acceptors (Lipinski definition) is 2. The maximum absolute atomic E-state index is 5.74. The van der Waals surface area contributed by atoms with Crippen LogP contribution in [-0.2, 0) is 9.47 Å². The number of rotatable bonds is 4. The molecule has 1 aliphatic rings. The van der Waals surface area contributed by atoms with Crippen LogP contribution in [0.15, 0.2) is 35.6 Å². The van der Waals surface area contributed by atoms with Crippen molar-refractivity contribution in [1.29, 1.82) is 0 Å². The van der Waals surface area contributed by atoms with Gasteiger partial charge in [0.25, 0.3) is 0 Å². The third-order valence-electron chi connectivity index (χ3n) is 3.34. The summed E-state index contributed by atoms with van der Waals surface area (Å²) in [7, 11) is 1.69. The van der Waals surface area contributed by atoms with Crippen molar-refractivity contribution in [3.05, 3.63) is 35.6 Å². The van der Waals surface area contributed by atoms with Gasteiger partial charge >= 0.3 is 0 Å². The minimum atomic E-state index is 0.00845. The summed E-state index contributed by atoms with van der Waals surface area (Å²) in [6, 6.07) is 0. The van der Waals surface area contributed by atoms with Gasteiger partial charge in [0, 0.05) is 17.9 Å². The van der Waals surface area contributed by atoms with Gasteiger partial charge in [-0.15, -0.1) is 0 Å². The highest BCUT2D eigenvalue weighted by Gasteiger charge is 2.23. The fourth-order valence-corrected chi connectivity index (χ4v) is 1.95. The molecule has 0 aromatic rings. The van der Waals surface area contributed by atoms with Crippen LogP contribution in [0.3, 0.4) is 0 Å². The molecule has 0 unspecified atom stereocenters. The average Bonchev–Trinajstić information content (AvgIpc) is 2.24. The van der Waals surface area contributed by atoms with Crippen molar-refractivity contribution in [2.45, 2.75) is 34.6 Å². The molecule has 1 rings (SSSR count). The normalized spacial score (nSPS) is 29.2. The maximum atomic E-state index is 5.74. The Labute approximate surface area is 111 Å². The highest BCUT2D eigenvalue weighted by molar-refractivity contribution is 5.30. The summed E-state index contributed by atoms with van der Waals surface area (Å²) in [6.45, 7) is 12.2. The quantitative estimate of drug-likeness (QED) is 0.552. The van der Waals surface area contributed by atoms with Crippen molar-refractivity contribution in [2.75, 3.05) is 20.3 Å². The smallest absolute Gasteiger partial charge is 0.116 e. The Bertz CT molecular complexity index is 371. The van der Waals surface area contributed by atoms with Gasteiger partial charge in [-0.3, -0.25) is 0 Å². The molecule has 1 aliphatic carbocycles. The van der Waals surface area contributed by atoms with E-state index in [0.717, 1.165) is 5.76 Å². The molecule has 2 nitrogen and oxygen atoms in total. The van der Waals surface area contributed by atoms with Gasteiger partial charge in [0.1, 0.15) is 12.4 Å². The van der Waals surface area contributed by atoms with E-state index in [2.05, 4.69) is 58.9 Å². The SMILES string of the molecule is COCCOC1=C/C(C)(C)/C=C(/C)C(C)(C)/C=C\1. The predicted octanol–water partition coefficient (Wildman–Crippen LogP) is 4.10. The first-order valence-corrected chi connectivity index (χ1v) is 6.51. The van der Waals surface area contributed by atoms with E-state index in [1.54, 1.807) is 7.11 Å². The Balaban J connectivity index is 2.96. The first-order valence-electron chi connectivity index (χ1n) is 6.51. The Kier molecular flexibility index (Phi) is 4.80. The summed E-state index contributed by atoms with van der Waals surface area (Å²) < 4.78 is 10.8. The zero-order valence-corrected chi connectivity index (χ0v) is 12.5. The molecule has 0 saturated carbocycles. The zero-order valence-electron chi connectivity index (χ0n) is 12.5. The van der Waals surface area contributed by atoms with E-state index < -0.39 is 0 Å². The fraction of sp³-hybridized carbons (Fsp3) is 0.625. The maximum Gasteiger partial charge on any atom is 0.116 e. The van der Waals surface area contributed by atoms with Crippen LogP contribution in [0.4, 0.5) is 0 Å². The lowest BCUT2D eigenvalue weighted by Gasteiger charge is -2.28. The van der Waals surface area contributed by atoms with E-state index in [4.69, 9.17) is 9.47 Å². The molecule has 2 heteroatoms. The highest BCUT2D eigenvalue weighted by atomic mass is 16.5. The second kappa shape index (κ2) is 5.75. The zero-order chi connectivity index (χ0) is 13.8. The van der Waals surface area contributed by atoms with Crippen LogP contribution >= 0.6 is 0 Å². The molecule has 0 bridgehead atoms. The van der Waals surface area contributed by atoms with E-state index in [1.807, 2.05) is 0 Å². The molecule has 0 amide bonds. The summed E-state index contributed by atoms with van der Waals surface area (Å²) in [5.74, 6) is 0.925. The minimum Gasteiger partial charge on any atom is -0.492 e. The monoisotopic (exact) mass is 250 g/mol. The van der Waals surface area contributed by atoms with Gasteiger partial charge in [0.15, 0.2) is 0 Å². The molecule has 18 heavy (non-hydrogen) atoms. The molecule has 102 valence electrons. The van der Waals surface area contributed by atoms with E-state index in [9.17, 15) is 0 Å². The van der Waals surface area contributed by atoms with Gasteiger partial charge in [0.2, 0.25) is 0 Å². The van der Waals surface area contributed by atoms with Crippen LogP contribution < -0.4 is 0 Å². The molecule has 0 aromatic heterocycles. The summed E-state index contributed by atoms with van der Waals surface area (Å²) in [5, 5.41) is 0. The van der Waals surface area contributed by atoms with Gasteiger partial charge in [0.05, 0.1) is 6.61 Å². The Morgan fingerprint density at radius 2 is 1.72 bits per heavy atom. The molecule has 0 saturated heterocycles. The van der Waals surface area contributed by atoms with Crippen LogP contribution in [0.2, 0.25) is 0 Å².